The van der Waals surface area contributed by atoms with Crippen molar-refractivity contribution in [2.24, 2.45) is 0 Å². The lowest BCUT2D eigenvalue weighted by Gasteiger charge is -2.02. The SMILES string of the molecule is Nn1nc2c(n1)C(=O)c1nn(N)nc1C2=O. The maximum atomic E-state index is 11.8. The van der Waals surface area contributed by atoms with Gasteiger partial charge in [-0.15, -0.1) is 20.4 Å². The minimum Gasteiger partial charge on any atom is -0.306 e. The average Bonchev–Trinajstić information content (AvgIpc) is 2.78. The Morgan fingerprint density at radius 2 is 0.938 bits per heavy atom. The van der Waals surface area contributed by atoms with Crippen molar-refractivity contribution in [2.75, 3.05) is 11.7 Å². The molecule has 16 heavy (non-hydrogen) atoms. The molecule has 3 rings (SSSR count). The molecule has 0 radical (unpaired) electrons. The lowest BCUT2D eigenvalue weighted by molar-refractivity contribution is 0.0969. The number of nitrogens with two attached hydrogens (primary N) is 2. The first-order chi connectivity index (χ1) is 7.58. The molecule has 0 saturated carbocycles. The van der Waals surface area contributed by atoms with E-state index in [1.165, 1.54) is 0 Å². The van der Waals surface area contributed by atoms with E-state index in [1.54, 1.807) is 0 Å². The van der Waals surface area contributed by atoms with Gasteiger partial charge in [-0.3, -0.25) is 9.59 Å². The molecule has 0 spiro atoms. The van der Waals surface area contributed by atoms with Gasteiger partial charge in [0, 0.05) is 0 Å². The second-order valence-corrected chi connectivity index (χ2v) is 3.09. The molecule has 2 aromatic heterocycles. The first kappa shape index (κ1) is 8.52. The molecular formula is C6H4N8O2. The Labute approximate surface area is 86.7 Å². The molecular weight excluding hydrogens is 216 g/mol. The van der Waals surface area contributed by atoms with Gasteiger partial charge in [0.15, 0.2) is 22.8 Å². The number of hydrogen-bond acceptors (Lipinski definition) is 8. The number of ketones is 2. The summed E-state index contributed by atoms with van der Waals surface area (Å²) in [5.41, 5.74) is -0.554. The summed E-state index contributed by atoms with van der Waals surface area (Å²) < 4.78 is 0. The van der Waals surface area contributed by atoms with Crippen LogP contribution in [0.15, 0.2) is 0 Å². The molecule has 0 amide bonds. The van der Waals surface area contributed by atoms with Crippen molar-refractivity contribution in [1.29, 1.82) is 0 Å². The zero-order valence-corrected chi connectivity index (χ0v) is 7.65. The summed E-state index contributed by atoms with van der Waals surface area (Å²) in [4.78, 5) is 24.9. The second kappa shape index (κ2) is 2.42. The van der Waals surface area contributed by atoms with E-state index >= 15 is 0 Å². The maximum absolute atomic E-state index is 11.8. The minimum absolute atomic E-state index is 0.138. The van der Waals surface area contributed by atoms with Gasteiger partial charge in [0.25, 0.3) is 0 Å². The molecule has 2 heterocycles. The molecule has 0 unspecified atom stereocenters. The first-order valence-electron chi connectivity index (χ1n) is 4.12. The number of carbonyl (C=O) groups is 2. The molecule has 0 aromatic carbocycles. The number of fused-ring (bicyclic) bond motifs is 2. The van der Waals surface area contributed by atoms with Crippen molar-refractivity contribution in [3.8, 4) is 0 Å². The van der Waals surface area contributed by atoms with Crippen LogP contribution in [0.2, 0.25) is 0 Å². The van der Waals surface area contributed by atoms with E-state index < -0.39 is 11.6 Å². The van der Waals surface area contributed by atoms with Crippen molar-refractivity contribution < 1.29 is 9.59 Å². The Bertz CT molecular complexity index is 534. The fraction of sp³-hybridized carbons (Fsp3) is 0. The number of carbonyl (C=O) groups excluding carboxylic acids is 2. The highest BCUT2D eigenvalue weighted by atomic mass is 16.1. The molecule has 0 atom stereocenters. The van der Waals surface area contributed by atoms with Gasteiger partial charge in [-0.25, -0.2) is 0 Å². The summed E-state index contributed by atoms with van der Waals surface area (Å²) >= 11 is 0. The lowest BCUT2D eigenvalue weighted by atomic mass is 10.00. The summed E-state index contributed by atoms with van der Waals surface area (Å²) in [6.45, 7) is 0. The summed E-state index contributed by atoms with van der Waals surface area (Å²) in [6, 6.07) is 0. The summed E-state index contributed by atoms with van der Waals surface area (Å²) in [5, 5.41) is 14.3. The highest BCUT2D eigenvalue weighted by molar-refractivity contribution is 6.25. The number of hydrogen-bond donors (Lipinski definition) is 2. The Hall–Kier alpha value is -2.78. The van der Waals surface area contributed by atoms with Crippen LogP contribution in [0.5, 0.6) is 0 Å². The molecule has 10 heteroatoms. The van der Waals surface area contributed by atoms with Crippen LogP contribution in [0.4, 0.5) is 0 Å². The van der Waals surface area contributed by atoms with E-state index in [1.807, 2.05) is 0 Å². The summed E-state index contributed by atoms with van der Waals surface area (Å²) in [5.74, 6) is 9.33. The van der Waals surface area contributed by atoms with Gasteiger partial charge in [0.2, 0.25) is 11.6 Å². The fourth-order valence-electron chi connectivity index (χ4n) is 1.48. The van der Waals surface area contributed by atoms with Crippen LogP contribution >= 0.6 is 0 Å². The van der Waals surface area contributed by atoms with Crippen LogP contribution in [0.3, 0.4) is 0 Å². The van der Waals surface area contributed by atoms with Crippen molar-refractivity contribution in [3.05, 3.63) is 22.8 Å². The standard InChI is InChI=1S/C6H4N8O2/c7-13-9-1-2(10-13)6(16)4-3(5(1)15)11-14(8)12-4/h7-8H2. The third-order valence-electron chi connectivity index (χ3n) is 2.12. The summed E-state index contributed by atoms with van der Waals surface area (Å²) in [7, 11) is 0. The van der Waals surface area contributed by atoms with Crippen LogP contribution in [0.1, 0.15) is 32.4 Å². The van der Waals surface area contributed by atoms with E-state index in [-0.39, 0.29) is 22.8 Å². The van der Waals surface area contributed by atoms with Crippen LogP contribution in [-0.2, 0) is 0 Å². The van der Waals surface area contributed by atoms with Crippen LogP contribution in [0, 0.1) is 0 Å². The average molecular weight is 220 g/mol. The van der Waals surface area contributed by atoms with Gasteiger partial charge in [-0.2, -0.15) is 0 Å². The Morgan fingerprint density at radius 1 is 0.688 bits per heavy atom. The summed E-state index contributed by atoms with van der Waals surface area (Å²) in [6.07, 6.45) is 0. The second-order valence-electron chi connectivity index (χ2n) is 3.09. The zero-order chi connectivity index (χ0) is 11.4. The van der Waals surface area contributed by atoms with Crippen LogP contribution < -0.4 is 11.7 Å². The van der Waals surface area contributed by atoms with E-state index in [9.17, 15) is 9.59 Å². The van der Waals surface area contributed by atoms with Crippen LogP contribution in [0.25, 0.3) is 0 Å². The van der Waals surface area contributed by atoms with E-state index in [0.717, 1.165) is 0 Å². The predicted octanol–water partition coefficient (Wildman–Crippen LogP) is -2.93. The molecule has 0 fully saturated rings. The zero-order valence-electron chi connectivity index (χ0n) is 7.65. The fourth-order valence-corrected chi connectivity index (χ4v) is 1.48. The lowest BCUT2D eigenvalue weighted by Crippen LogP contribution is -2.20. The first-order valence-corrected chi connectivity index (χ1v) is 4.12. The predicted molar refractivity (Wildman–Crippen MR) is 47.2 cm³/mol. The van der Waals surface area contributed by atoms with Crippen molar-refractivity contribution >= 4 is 11.6 Å². The highest BCUT2D eigenvalue weighted by Crippen LogP contribution is 2.20. The Kier molecular flexibility index (Phi) is 1.29. The van der Waals surface area contributed by atoms with Crippen molar-refractivity contribution in [1.82, 2.24) is 30.2 Å². The normalized spacial score (nSPS) is 13.8. The molecule has 1 aliphatic carbocycles. The van der Waals surface area contributed by atoms with Gasteiger partial charge < -0.3 is 11.7 Å². The largest absolute Gasteiger partial charge is 0.306 e. The van der Waals surface area contributed by atoms with E-state index in [4.69, 9.17) is 11.7 Å². The number of rotatable bonds is 0. The van der Waals surface area contributed by atoms with Crippen molar-refractivity contribution in [2.45, 2.75) is 0 Å². The number of nitrogen functional groups attached to an aromatic ring is 2. The van der Waals surface area contributed by atoms with E-state index in [0.29, 0.717) is 9.81 Å². The highest BCUT2D eigenvalue weighted by Gasteiger charge is 2.38. The molecule has 2 aromatic rings. The molecule has 4 N–H and O–H groups in total. The molecule has 0 aliphatic heterocycles. The molecule has 0 saturated heterocycles. The van der Waals surface area contributed by atoms with Gasteiger partial charge in [-0.1, -0.05) is 9.81 Å². The Balaban J connectivity index is 2.32. The minimum atomic E-state index is -0.571. The third kappa shape index (κ3) is 0.846. The van der Waals surface area contributed by atoms with Crippen LogP contribution in [-0.4, -0.2) is 41.8 Å². The van der Waals surface area contributed by atoms with Crippen molar-refractivity contribution in [3.63, 3.8) is 0 Å². The molecule has 0 bridgehead atoms. The van der Waals surface area contributed by atoms with E-state index in [2.05, 4.69) is 20.4 Å². The maximum Gasteiger partial charge on any atom is 0.238 e. The smallest absolute Gasteiger partial charge is 0.238 e. The topological polar surface area (TPSA) is 148 Å². The third-order valence-corrected chi connectivity index (χ3v) is 2.12. The number of nitrogens with zero attached hydrogens (tertiary/aromatic N) is 6. The van der Waals surface area contributed by atoms with Gasteiger partial charge in [-0.05, 0) is 0 Å². The quantitative estimate of drug-likeness (QED) is 0.382. The van der Waals surface area contributed by atoms with Gasteiger partial charge >= 0.3 is 0 Å². The number of aromatic nitrogens is 6. The molecule has 1 aliphatic rings. The molecule has 10 nitrogen and oxygen atoms in total. The van der Waals surface area contributed by atoms with Gasteiger partial charge in [0.1, 0.15) is 0 Å². The monoisotopic (exact) mass is 220 g/mol. The Morgan fingerprint density at radius 3 is 1.19 bits per heavy atom. The molecule has 80 valence electrons. The van der Waals surface area contributed by atoms with Gasteiger partial charge in [0.05, 0.1) is 0 Å².